The molecule has 1 heterocycles. The molecule has 0 saturated carbocycles. The average Bonchev–Trinajstić information content (AvgIpc) is 2.12. The molecule has 0 bridgehead atoms. The normalized spacial score (nSPS) is 31.3. The van der Waals surface area contributed by atoms with Gasteiger partial charge in [0.2, 0.25) is 0 Å². The van der Waals surface area contributed by atoms with Crippen molar-refractivity contribution in [2.24, 2.45) is 11.8 Å². The van der Waals surface area contributed by atoms with E-state index in [1.807, 2.05) is 0 Å². The van der Waals surface area contributed by atoms with Crippen molar-refractivity contribution in [3.8, 4) is 0 Å². The first kappa shape index (κ1) is 12.0. The Morgan fingerprint density at radius 2 is 1.79 bits per heavy atom. The monoisotopic (exact) mass is 198 g/mol. The minimum Gasteiger partial charge on any atom is -0.144 e. The summed E-state index contributed by atoms with van der Waals surface area (Å²) in [7, 11) is 0. The van der Waals surface area contributed by atoms with Crippen molar-refractivity contribution in [1.29, 1.82) is 0 Å². The molecular formula is C12H24NO. The zero-order valence-electron chi connectivity index (χ0n) is 10.4. The second kappa shape index (κ2) is 3.49. The maximum atomic E-state index is 12.1. The number of nitrogens with zero attached hydrogens (tertiary/aromatic N) is 1. The van der Waals surface area contributed by atoms with Gasteiger partial charge in [0, 0.05) is 11.1 Å². The Morgan fingerprint density at radius 1 is 1.29 bits per heavy atom. The van der Waals surface area contributed by atoms with Crippen LogP contribution in [0.4, 0.5) is 0 Å². The fourth-order valence-electron chi connectivity index (χ4n) is 2.82. The van der Waals surface area contributed by atoms with Crippen LogP contribution in [0.15, 0.2) is 0 Å². The first-order valence-corrected chi connectivity index (χ1v) is 5.65. The maximum absolute atomic E-state index is 12.1. The lowest BCUT2D eigenvalue weighted by molar-refractivity contribution is -0.248. The van der Waals surface area contributed by atoms with Gasteiger partial charge in [-0.3, -0.25) is 0 Å². The van der Waals surface area contributed by atoms with Gasteiger partial charge in [0.15, 0.2) is 0 Å². The Labute approximate surface area is 88.3 Å². The summed E-state index contributed by atoms with van der Waals surface area (Å²) in [4.78, 5) is 0. The van der Waals surface area contributed by atoms with Gasteiger partial charge in [-0.15, -0.1) is 10.3 Å². The Hall–Kier alpha value is -0.0800. The van der Waals surface area contributed by atoms with E-state index >= 15 is 0 Å². The maximum Gasteiger partial charge on any atom is 0.0472 e. The molecule has 0 aromatic rings. The van der Waals surface area contributed by atoms with Crippen molar-refractivity contribution in [2.45, 2.75) is 65.5 Å². The average molecular weight is 198 g/mol. The van der Waals surface area contributed by atoms with Gasteiger partial charge in [0.25, 0.3) is 0 Å². The lowest BCUT2D eigenvalue weighted by atomic mass is 9.81. The largest absolute Gasteiger partial charge is 0.144 e. The summed E-state index contributed by atoms with van der Waals surface area (Å²) in [5, 5.41) is 13.4. The molecule has 2 heteroatoms. The fraction of sp³-hybridized carbons (Fsp3) is 1.00. The van der Waals surface area contributed by atoms with Crippen LogP contribution in [-0.2, 0) is 5.21 Å². The van der Waals surface area contributed by atoms with Crippen LogP contribution in [-0.4, -0.2) is 16.1 Å². The second-order valence-electron chi connectivity index (χ2n) is 6.29. The summed E-state index contributed by atoms with van der Waals surface area (Å²) in [5.74, 6) is 1.22. The molecule has 1 atom stereocenters. The van der Waals surface area contributed by atoms with E-state index in [1.54, 1.807) is 0 Å². The molecule has 14 heavy (non-hydrogen) atoms. The molecule has 0 amide bonds. The molecular weight excluding hydrogens is 174 g/mol. The number of hydroxylamine groups is 2. The van der Waals surface area contributed by atoms with Crippen molar-refractivity contribution < 1.29 is 5.21 Å². The van der Waals surface area contributed by atoms with Crippen LogP contribution in [0, 0.1) is 11.8 Å². The third kappa shape index (κ3) is 1.96. The highest BCUT2D eigenvalue weighted by Crippen LogP contribution is 2.46. The third-order valence-corrected chi connectivity index (χ3v) is 3.57. The lowest BCUT2D eigenvalue weighted by Gasteiger charge is -2.34. The van der Waals surface area contributed by atoms with Crippen LogP contribution < -0.4 is 0 Å². The van der Waals surface area contributed by atoms with Crippen LogP contribution in [0.1, 0.15) is 54.4 Å². The summed E-state index contributed by atoms with van der Waals surface area (Å²) in [6.07, 6.45) is 2.19. The van der Waals surface area contributed by atoms with Crippen LogP contribution >= 0.6 is 0 Å². The Morgan fingerprint density at radius 3 is 2.07 bits per heavy atom. The number of hydrogen-bond donors (Lipinski definition) is 0. The quantitative estimate of drug-likeness (QED) is 0.668. The molecule has 1 aliphatic rings. The number of rotatable bonds is 2. The molecule has 0 spiro atoms. The van der Waals surface area contributed by atoms with E-state index in [-0.39, 0.29) is 11.1 Å². The van der Waals surface area contributed by atoms with Crippen LogP contribution in [0.2, 0.25) is 0 Å². The molecule has 1 radical (unpaired) electrons. The molecule has 0 aromatic heterocycles. The lowest BCUT2D eigenvalue weighted by Crippen LogP contribution is -2.46. The van der Waals surface area contributed by atoms with E-state index < -0.39 is 0 Å². The summed E-state index contributed by atoms with van der Waals surface area (Å²) in [6, 6.07) is 0. The Bertz CT molecular complexity index is 208. The highest BCUT2D eigenvalue weighted by atomic mass is 16.5. The Kier molecular flexibility index (Phi) is 2.99. The number of hydrogen-bond acceptors (Lipinski definition) is 1. The zero-order valence-corrected chi connectivity index (χ0v) is 10.4. The van der Waals surface area contributed by atoms with E-state index in [2.05, 4.69) is 41.5 Å². The van der Waals surface area contributed by atoms with Crippen LogP contribution in [0.5, 0.6) is 0 Å². The zero-order chi connectivity index (χ0) is 11.1. The highest BCUT2D eigenvalue weighted by Gasteiger charge is 2.51. The van der Waals surface area contributed by atoms with Gasteiger partial charge in [-0.05, 0) is 52.4 Å². The van der Waals surface area contributed by atoms with Crippen molar-refractivity contribution in [3.05, 3.63) is 0 Å². The molecule has 83 valence electrons. The van der Waals surface area contributed by atoms with E-state index in [1.165, 1.54) is 5.06 Å². The summed E-state index contributed by atoms with van der Waals surface area (Å²) in [6.45, 7) is 12.8. The molecule has 0 aliphatic carbocycles. The molecule has 1 rings (SSSR count). The molecule has 1 aliphatic heterocycles. The van der Waals surface area contributed by atoms with Crippen molar-refractivity contribution in [3.63, 3.8) is 0 Å². The van der Waals surface area contributed by atoms with E-state index in [0.29, 0.717) is 11.8 Å². The summed E-state index contributed by atoms with van der Waals surface area (Å²) < 4.78 is 0. The van der Waals surface area contributed by atoms with Gasteiger partial charge >= 0.3 is 0 Å². The van der Waals surface area contributed by atoms with Crippen molar-refractivity contribution >= 4 is 0 Å². The Balaban J connectivity index is 2.80. The standard InChI is InChI=1S/C12H24NO/c1-9(2)7-10-8-11(3,4)13(14)12(10,5)6/h9-10H,7-8H2,1-6H3. The predicted octanol–water partition coefficient (Wildman–Crippen LogP) is 3.26. The van der Waals surface area contributed by atoms with Gasteiger partial charge in [0.05, 0.1) is 0 Å². The minimum atomic E-state index is -0.187. The second-order valence-corrected chi connectivity index (χ2v) is 6.29. The predicted molar refractivity (Wildman–Crippen MR) is 58.2 cm³/mol. The van der Waals surface area contributed by atoms with Crippen molar-refractivity contribution in [1.82, 2.24) is 5.06 Å². The molecule has 0 N–H and O–H groups in total. The van der Waals surface area contributed by atoms with Crippen molar-refractivity contribution in [2.75, 3.05) is 0 Å². The topological polar surface area (TPSA) is 23.1 Å². The van der Waals surface area contributed by atoms with Crippen LogP contribution in [0.25, 0.3) is 0 Å². The molecule has 0 aromatic carbocycles. The first-order valence-electron chi connectivity index (χ1n) is 5.65. The SMILES string of the molecule is CC(C)CC1CC(C)(C)N([O])C1(C)C. The van der Waals surface area contributed by atoms with E-state index in [0.717, 1.165) is 12.8 Å². The van der Waals surface area contributed by atoms with Gasteiger partial charge in [-0.25, -0.2) is 0 Å². The van der Waals surface area contributed by atoms with E-state index in [4.69, 9.17) is 0 Å². The van der Waals surface area contributed by atoms with Gasteiger partial charge in [-0.2, -0.15) is 0 Å². The third-order valence-electron chi connectivity index (χ3n) is 3.57. The summed E-state index contributed by atoms with van der Waals surface area (Å²) in [5.41, 5.74) is -0.364. The first-order chi connectivity index (χ1) is 6.18. The van der Waals surface area contributed by atoms with Gasteiger partial charge < -0.3 is 0 Å². The molecule has 1 saturated heterocycles. The highest BCUT2D eigenvalue weighted by molar-refractivity contribution is 5.01. The smallest absolute Gasteiger partial charge is 0.0472 e. The minimum absolute atomic E-state index is 0.178. The van der Waals surface area contributed by atoms with Crippen LogP contribution in [0.3, 0.4) is 0 Å². The van der Waals surface area contributed by atoms with Gasteiger partial charge in [-0.1, -0.05) is 13.8 Å². The van der Waals surface area contributed by atoms with E-state index in [9.17, 15) is 5.21 Å². The fourth-order valence-corrected chi connectivity index (χ4v) is 2.82. The molecule has 2 nitrogen and oxygen atoms in total. The molecule has 1 fully saturated rings. The summed E-state index contributed by atoms with van der Waals surface area (Å²) >= 11 is 0. The van der Waals surface area contributed by atoms with Gasteiger partial charge in [0.1, 0.15) is 0 Å². The molecule has 1 unspecified atom stereocenters.